The van der Waals surface area contributed by atoms with Crippen molar-refractivity contribution in [2.24, 2.45) is 0 Å². The Morgan fingerprint density at radius 1 is 0.242 bits per heavy atom. The van der Waals surface area contributed by atoms with Gasteiger partial charge in [-0.1, -0.05) is 233 Å². The molecule has 0 nitrogen and oxygen atoms in total. The molecule has 0 amide bonds. The molecule has 0 N–H and O–H groups in total. The normalized spacial score (nSPS) is 12.5. The lowest BCUT2D eigenvalue weighted by Crippen LogP contribution is -1.91. The second-order valence-corrected chi connectivity index (χ2v) is 20.6. The second kappa shape index (κ2) is 14.2. The van der Waals surface area contributed by atoms with Crippen LogP contribution in [0.25, 0.3) is 118 Å². The van der Waals surface area contributed by atoms with Gasteiger partial charge in [-0.25, -0.2) is 0 Å². The smallest absolute Gasteiger partial charge is 0.0147 e. The minimum absolute atomic E-state index is 0.771. The summed E-state index contributed by atoms with van der Waals surface area (Å²) >= 11 is 0. The molecule has 2 heterocycles. The first-order valence-corrected chi connectivity index (χ1v) is 24.1. The summed E-state index contributed by atoms with van der Waals surface area (Å²) in [6, 6.07) is 87.0. The lowest BCUT2D eigenvalue weighted by molar-refractivity contribution is 1.68. The average molecular weight is 821 g/mol. The van der Waals surface area contributed by atoms with Crippen LogP contribution in [-0.4, -0.2) is 0 Å². The van der Waals surface area contributed by atoms with Crippen molar-refractivity contribution in [2.45, 2.75) is 0 Å². The number of hydrogen-bond donors (Lipinski definition) is 0. The molecule has 2 heteroatoms. The zero-order chi connectivity index (χ0) is 40.7. The van der Waals surface area contributed by atoms with E-state index in [1.165, 1.54) is 118 Å². The van der Waals surface area contributed by atoms with E-state index in [2.05, 4.69) is 231 Å². The summed E-state index contributed by atoms with van der Waals surface area (Å²) < 4.78 is 0. The molecule has 13 rings (SSSR count). The quantitative estimate of drug-likeness (QED) is 0.152. The topological polar surface area (TPSA) is 0 Å². The van der Waals surface area contributed by atoms with Crippen molar-refractivity contribution in [2.75, 3.05) is 0 Å². The van der Waals surface area contributed by atoms with Crippen LogP contribution in [0.5, 0.6) is 0 Å². The summed E-state index contributed by atoms with van der Waals surface area (Å²) in [6.45, 7) is 0. The van der Waals surface area contributed by atoms with Crippen molar-refractivity contribution in [1.82, 2.24) is 0 Å². The van der Waals surface area contributed by atoms with Gasteiger partial charge in [0.25, 0.3) is 0 Å². The lowest BCUT2D eigenvalue weighted by atomic mass is 9.85. The SMILES string of the molecule is c1ccc(-p2c3ccccc3c3cccc(-c4cccc5c(-c6ccc7ccccc7c6)c6cccc(-c7cccc8c9ccccc9p(-c9ccccc9)c78)c6cc45)c32)cc1. The van der Waals surface area contributed by atoms with Crippen LogP contribution in [0.3, 0.4) is 0 Å². The van der Waals surface area contributed by atoms with E-state index in [1.54, 1.807) is 0 Å². The molecule has 0 saturated carbocycles. The van der Waals surface area contributed by atoms with Crippen molar-refractivity contribution in [3.63, 3.8) is 0 Å². The molecule has 2 atom stereocenters. The minimum Gasteiger partial charge on any atom is -0.0766 e. The van der Waals surface area contributed by atoms with Crippen LogP contribution in [0.1, 0.15) is 0 Å². The maximum absolute atomic E-state index is 2.54. The first-order valence-electron chi connectivity index (χ1n) is 21.4. The predicted octanol–water partition coefficient (Wildman–Crippen LogP) is 18.7. The Bertz CT molecular complexity index is 3690. The molecule has 0 aliphatic carbocycles. The van der Waals surface area contributed by atoms with Gasteiger partial charge in [0.1, 0.15) is 0 Å². The van der Waals surface area contributed by atoms with Gasteiger partial charge in [0, 0.05) is 20.5 Å². The van der Waals surface area contributed by atoms with E-state index in [0.29, 0.717) is 0 Å². The van der Waals surface area contributed by atoms with Crippen LogP contribution in [0.15, 0.2) is 231 Å². The third kappa shape index (κ3) is 5.35. The Kier molecular flexibility index (Phi) is 8.14. The van der Waals surface area contributed by atoms with Crippen molar-refractivity contribution in [1.29, 1.82) is 0 Å². The van der Waals surface area contributed by atoms with Crippen LogP contribution in [0.4, 0.5) is 0 Å². The minimum atomic E-state index is -0.771. The van der Waals surface area contributed by atoms with Crippen LogP contribution in [0, 0.1) is 0 Å². The zero-order valence-corrected chi connectivity index (χ0v) is 35.6. The molecule has 2 aromatic heterocycles. The summed E-state index contributed by atoms with van der Waals surface area (Å²) in [5.74, 6) is 0. The van der Waals surface area contributed by atoms with E-state index in [1.807, 2.05) is 0 Å². The predicted molar refractivity (Wildman–Crippen MR) is 273 cm³/mol. The fourth-order valence-electron chi connectivity index (χ4n) is 10.5. The summed E-state index contributed by atoms with van der Waals surface area (Å²) in [4.78, 5) is 0. The van der Waals surface area contributed by atoms with Gasteiger partial charge in [0.05, 0.1) is 0 Å². The number of rotatable bonds is 5. The molecule has 288 valence electrons. The largest absolute Gasteiger partial charge is 0.0766 e. The van der Waals surface area contributed by atoms with Gasteiger partial charge < -0.3 is 0 Å². The molecule has 62 heavy (non-hydrogen) atoms. The number of benzene rings is 11. The van der Waals surface area contributed by atoms with E-state index in [0.717, 1.165) is 0 Å². The number of hydrogen-bond acceptors (Lipinski definition) is 0. The van der Waals surface area contributed by atoms with Gasteiger partial charge in [0.2, 0.25) is 0 Å². The second-order valence-electron chi connectivity index (χ2n) is 16.4. The highest BCUT2D eigenvalue weighted by Crippen LogP contribution is 2.60. The highest BCUT2D eigenvalue weighted by atomic mass is 31.1. The maximum atomic E-state index is 2.54. The molecule has 0 radical (unpaired) electrons. The average Bonchev–Trinajstić information content (AvgIpc) is 3.87. The summed E-state index contributed by atoms with van der Waals surface area (Å²) in [7, 11) is -1.54. The molecule has 11 aromatic carbocycles. The molecule has 0 saturated heterocycles. The molecule has 0 aliphatic rings. The molecule has 2 unspecified atom stereocenters. The zero-order valence-electron chi connectivity index (χ0n) is 33.8. The fourth-order valence-corrected chi connectivity index (χ4v) is 16.0. The van der Waals surface area contributed by atoms with E-state index in [4.69, 9.17) is 0 Å². The van der Waals surface area contributed by atoms with Gasteiger partial charge in [-0.3, -0.25) is 0 Å². The summed E-state index contributed by atoms with van der Waals surface area (Å²) in [6.07, 6.45) is 0. The van der Waals surface area contributed by atoms with E-state index in [-0.39, 0.29) is 0 Å². The van der Waals surface area contributed by atoms with Crippen molar-refractivity contribution in [3.8, 4) is 44.0 Å². The van der Waals surface area contributed by atoms with E-state index >= 15 is 0 Å². The van der Waals surface area contributed by atoms with Crippen molar-refractivity contribution >= 4 is 89.4 Å². The molecule has 13 aromatic rings. The first-order chi connectivity index (χ1) is 30.8. The van der Waals surface area contributed by atoms with Gasteiger partial charge in [-0.05, 0) is 110 Å². The van der Waals surface area contributed by atoms with Gasteiger partial charge in [0.15, 0.2) is 0 Å². The Morgan fingerprint density at radius 3 is 1.19 bits per heavy atom. The van der Waals surface area contributed by atoms with Crippen molar-refractivity contribution in [3.05, 3.63) is 231 Å². The van der Waals surface area contributed by atoms with E-state index < -0.39 is 15.1 Å². The van der Waals surface area contributed by atoms with Crippen LogP contribution < -0.4 is 0 Å². The maximum Gasteiger partial charge on any atom is 0.0147 e. The lowest BCUT2D eigenvalue weighted by Gasteiger charge is -2.19. The van der Waals surface area contributed by atoms with Gasteiger partial charge >= 0.3 is 0 Å². The monoisotopic (exact) mass is 820 g/mol. The summed E-state index contributed by atoms with van der Waals surface area (Å²) in [5, 5.41) is 21.6. The standard InChI is InChI=1S/C60H38P2/c1-3-19-42(20-4-1)61-56-33-11-9-23-46(56)52-31-15-29-50(59(52)61)44-25-13-27-48-54(44)38-55-45(26-14-28-49(55)58(48)41-36-35-39-17-7-8-18-40(39)37-41)51-30-16-32-53-47-24-10-12-34-57(47)62(60(51)53)43-21-5-2-6-22-43/h1-38H. The fraction of sp³-hybridized carbons (Fsp3) is 0. The molecule has 0 fully saturated rings. The molecule has 0 aliphatic heterocycles. The molecular weight excluding hydrogens is 783 g/mol. The van der Waals surface area contributed by atoms with E-state index in [9.17, 15) is 0 Å². The van der Waals surface area contributed by atoms with Crippen molar-refractivity contribution < 1.29 is 0 Å². The summed E-state index contributed by atoms with van der Waals surface area (Å²) in [5.41, 5.74) is 7.74. The Hall–Kier alpha value is -7.20. The molecular formula is C60H38P2. The molecule has 0 spiro atoms. The number of fused-ring (bicyclic) bond motifs is 9. The van der Waals surface area contributed by atoms with Gasteiger partial charge in [-0.15, -0.1) is 0 Å². The Balaban J connectivity index is 1.18. The van der Waals surface area contributed by atoms with Crippen LogP contribution in [0.2, 0.25) is 0 Å². The highest BCUT2D eigenvalue weighted by Gasteiger charge is 2.23. The van der Waals surface area contributed by atoms with Gasteiger partial charge in [-0.2, -0.15) is 0 Å². The Morgan fingerprint density at radius 2 is 0.661 bits per heavy atom. The first kappa shape index (κ1) is 35.5. The third-order valence-corrected chi connectivity index (χ3v) is 18.3. The highest BCUT2D eigenvalue weighted by molar-refractivity contribution is 7.68. The molecule has 0 bridgehead atoms. The third-order valence-electron chi connectivity index (χ3n) is 13.1. The Labute approximate surface area is 362 Å². The van der Waals surface area contributed by atoms with Crippen LogP contribution in [-0.2, 0) is 0 Å². The van der Waals surface area contributed by atoms with Crippen LogP contribution >= 0.6 is 15.1 Å².